The van der Waals surface area contributed by atoms with Crippen LogP contribution in [0.1, 0.15) is 23.6 Å². The molecule has 1 aromatic rings. The van der Waals surface area contributed by atoms with Gasteiger partial charge in [0.05, 0.1) is 5.69 Å². The summed E-state index contributed by atoms with van der Waals surface area (Å²) >= 11 is 0. The van der Waals surface area contributed by atoms with Crippen LogP contribution in [-0.4, -0.2) is 33.4 Å². The van der Waals surface area contributed by atoms with Crippen LogP contribution in [0.15, 0.2) is 6.20 Å². The number of hydrogen-bond acceptors (Lipinski definition) is 3. The predicted octanol–water partition coefficient (Wildman–Crippen LogP) is 0.259. The topological polar surface area (TPSA) is 67.2 Å². The maximum absolute atomic E-state index is 11.0. The molecule has 1 aliphatic rings. The van der Waals surface area contributed by atoms with Gasteiger partial charge in [-0.25, -0.2) is 0 Å². The molecule has 2 heterocycles. The van der Waals surface area contributed by atoms with Crippen molar-refractivity contribution in [3.8, 4) is 0 Å². The molecular formula is C10H15N3O2. The lowest BCUT2D eigenvalue weighted by atomic mass is 9.92. The first kappa shape index (κ1) is 10.2. The molecule has 5 heteroatoms. The summed E-state index contributed by atoms with van der Waals surface area (Å²) in [5, 5.41) is 16.3. The average Bonchev–Trinajstić information content (AvgIpc) is 2.71. The standard InChI is InChI=1S/C10H15N3O2/c1-6-8(5-13(2)12-6)7-3-4-11-9(7)10(14)15/h5,7,9,11H,3-4H2,1-2H3,(H,14,15). The molecular weight excluding hydrogens is 194 g/mol. The predicted molar refractivity (Wildman–Crippen MR) is 54.7 cm³/mol. The minimum Gasteiger partial charge on any atom is -0.480 e. The Hall–Kier alpha value is -1.36. The molecule has 0 bridgehead atoms. The third-order valence-electron chi connectivity index (χ3n) is 2.94. The number of aryl methyl sites for hydroxylation is 2. The first-order valence-corrected chi connectivity index (χ1v) is 5.06. The van der Waals surface area contributed by atoms with Crippen molar-refractivity contribution in [1.29, 1.82) is 0 Å². The van der Waals surface area contributed by atoms with Crippen LogP contribution in [0.2, 0.25) is 0 Å². The Bertz CT molecular complexity index is 386. The van der Waals surface area contributed by atoms with Crippen LogP contribution in [0.4, 0.5) is 0 Å². The summed E-state index contributed by atoms with van der Waals surface area (Å²) < 4.78 is 1.74. The molecule has 1 saturated heterocycles. The van der Waals surface area contributed by atoms with Gasteiger partial charge < -0.3 is 10.4 Å². The molecule has 0 aliphatic carbocycles. The molecule has 2 unspecified atom stereocenters. The molecule has 0 spiro atoms. The fourth-order valence-corrected chi connectivity index (χ4v) is 2.28. The van der Waals surface area contributed by atoms with Gasteiger partial charge in [-0.05, 0) is 25.5 Å². The number of carboxylic acid groups (broad SMARTS) is 1. The van der Waals surface area contributed by atoms with Crippen LogP contribution in [0, 0.1) is 6.92 Å². The number of nitrogens with zero attached hydrogens (tertiary/aromatic N) is 2. The number of aliphatic carboxylic acids is 1. The van der Waals surface area contributed by atoms with Crippen LogP contribution in [-0.2, 0) is 11.8 Å². The van der Waals surface area contributed by atoms with Crippen molar-refractivity contribution in [1.82, 2.24) is 15.1 Å². The Morgan fingerprint density at radius 1 is 1.73 bits per heavy atom. The van der Waals surface area contributed by atoms with E-state index in [-0.39, 0.29) is 5.92 Å². The molecule has 0 aromatic carbocycles. The first-order chi connectivity index (χ1) is 7.09. The lowest BCUT2D eigenvalue weighted by Gasteiger charge is -2.14. The highest BCUT2D eigenvalue weighted by Crippen LogP contribution is 2.29. The number of rotatable bonds is 2. The summed E-state index contributed by atoms with van der Waals surface area (Å²) in [6.45, 7) is 2.68. The molecule has 0 amide bonds. The summed E-state index contributed by atoms with van der Waals surface area (Å²) in [5.41, 5.74) is 1.98. The van der Waals surface area contributed by atoms with Crippen LogP contribution in [0.3, 0.4) is 0 Å². The van der Waals surface area contributed by atoms with E-state index in [9.17, 15) is 4.79 Å². The maximum atomic E-state index is 11.0. The van der Waals surface area contributed by atoms with Gasteiger partial charge in [0.2, 0.25) is 0 Å². The van der Waals surface area contributed by atoms with Gasteiger partial charge in [-0.15, -0.1) is 0 Å². The second kappa shape index (κ2) is 3.66. The highest BCUT2D eigenvalue weighted by Gasteiger charge is 2.35. The molecule has 2 rings (SSSR count). The van der Waals surface area contributed by atoms with Crippen LogP contribution in [0.5, 0.6) is 0 Å². The van der Waals surface area contributed by atoms with Gasteiger partial charge >= 0.3 is 5.97 Å². The highest BCUT2D eigenvalue weighted by atomic mass is 16.4. The fourth-order valence-electron chi connectivity index (χ4n) is 2.28. The first-order valence-electron chi connectivity index (χ1n) is 5.06. The van der Waals surface area contributed by atoms with Gasteiger partial charge in [0.15, 0.2) is 0 Å². The lowest BCUT2D eigenvalue weighted by Crippen LogP contribution is -2.34. The average molecular weight is 209 g/mol. The van der Waals surface area contributed by atoms with Crippen molar-refractivity contribution in [3.05, 3.63) is 17.5 Å². The van der Waals surface area contributed by atoms with E-state index < -0.39 is 12.0 Å². The SMILES string of the molecule is Cc1nn(C)cc1C1CCNC1C(=O)O. The van der Waals surface area contributed by atoms with Gasteiger partial charge in [0.25, 0.3) is 0 Å². The van der Waals surface area contributed by atoms with Crippen molar-refractivity contribution in [2.75, 3.05) is 6.54 Å². The van der Waals surface area contributed by atoms with Gasteiger partial charge in [0.1, 0.15) is 6.04 Å². The third kappa shape index (κ3) is 1.74. The summed E-state index contributed by atoms with van der Waals surface area (Å²) in [6, 6.07) is -0.465. The summed E-state index contributed by atoms with van der Waals surface area (Å²) in [4.78, 5) is 11.0. The van der Waals surface area contributed by atoms with Gasteiger partial charge in [0, 0.05) is 19.2 Å². The van der Waals surface area contributed by atoms with Gasteiger partial charge in [-0.1, -0.05) is 0 Å². The molecule has 15 heavy (non-hydrogen) atoms. The zero-order chi connectivity index (χ0) is 11.0. The second-order valence-electron chi connectivity index (χ2n) is 4.01. The minimum absolute atomic E-state index is 0.0520. The van der Waals surface area contributed by atoms with E-state index in [0.29, 0.717) is 0 Å². The number of carboxylic acids is 1. The molecule has 2 atom stereocenters. The third-order valence-corrected chi connectivity index (χ3v) is 2.94. The Morgan fingerprint density at radius 3 is 3.00 bits per heavy atom. The molecule has 2 N–H and O–H groups in total. The molecule has 1 fully saturated rings. The molecule has 0 radical (unpaired) electrons. The van der Waals surface area contributed by atoms with E-state index in [1.165, 1.54) is 0 Å². The van der Waals surface area contributed by atoms with E-state index in [4.69, 9.17) is 5.11 Å². The van der Waals surface area contributed by atoms with E-state index in [2.05, 4.69) is 10.4 Å². The highest BCUT2D eigenvalue weighted by molar-refractivity contribution is 5.75. The number of nitrogens with one attached hydrogen (secondary N) is 1. The van der Waals surface area contributed by atoms with E-state index in [1.54, 1.807) is 4.68 Å². The van der Waals surface area contributed by atoms with Crippen molar-refractivity contribution in [2.24, 2.45) is 7.05 Å². The minimum atomic E-state index is -0.777. The number of aromatic nitrogens is 2. The van der Waals surface area contributed by atoms with E-state index >= 15 is 0 Å². The monoisotopic (exact) mass is 209 g/mol. The van der Waals surface area contributed by atoms with Gasteiger partial charge in [-0.2, -0.15) is 5.10 Å². The van der Waals surface area contributed by atoms with Crippen LogP contribution in [0.25, 0.3) is 0 Å². The molecule has 5 nitrogen and oxygen atoms in total. The van der Waals surface area contributed by atoms with Crippen LogP contribution >= 0.6 is 0 Å². The van der Waals surface area contributed by atoms with Crippen molar-refractivity contribution in [3.63, 3.8) is 0 Å². The number of carbonyl (C=O) groups is 1. The number of hydrogen-bond donors (Lipinski definition) is 2. The Kier molecular flexibility index (Phi) is 2.48. The molecule has 82 valence electrons. The van der Waals surface area contributed by atoms with Crippen molar-refractivity contribution >= 4 is 5.97 Å². The van der Waals surface area contributed by atoms with E-state index in [1.807, 2.05) is 20.2 Å². The van der Waals surface area contributed by atoms with Gasteiger partial charge in [-0.3, -0.25) is 9.48 Å². The summed E-state index contributed by atoms with van der Waals surface area (Å²) in [5.74, 6) is -0.725. The molecule has 1 aromatic heterocycles. The van der Waals surface area contributed by atoms with Crippen molar-refractivity contribution in [2.45, 2.75) is 25.3 Å². The molecule has 1 aliphatic heterocycles. The quantitative estimate of drug-likeness (QED) is 0.733. The summed E-state index contributed by atoms with van der Waals surface area (Å²) in [6.07, 6.45) is 2.78. The zero-order valence-corrected chi connectivity index (χ0v) is 8.90. The van der Waals surface area contributed by atoms with E-state index in [0.717, 1.165) is 24.2 Å². The fraction of sp³-hybridized carbons (Fsp3) is 0.600. The second-order valence-corrected chi connectivity index (χ2v) is 4.01. The Labute approximate surface area is 88.1 Å². The van der Waals surface area contributed by atoms with Crippen molar-refractivity contribution < 1.29 is 9.90 Å². The normalized spacial score (nSPS) is 25.7. The largest absolute Gasteiger partial charge is 0.480 e. The smallest absolute Gasteiger partial charge is 0.321 e. The molecule has 0 saturated carbocycles. The summed E-state index contributed by atoms with van der Waals surface area (Å²) in [7, 11) is 1.86. The Morgan fingerprint density at radius 2 is 2.47 bits per heavy atom. The zero-order valence-electron chi connectivity index (χ0n) is 8.90. The van der Waals surface area contributed by atoms with Crippen LogP contribution < -0.4 is 5.32 Å². The Balaban J connectivity index is 2.30. The maximum Gasteiger partial charge on any atom is 0.321 e. The lowest BCUT2D eigenvalue weighted by molar-refractivity contribution is -0.139.